The fraction of sp³-hybridized carbons (Fsp3) is 0.429. The number of halogens is 1. The van der Waals surface area contributed by atoms with Gasteiger partial charge in [0.1, 0.15) is 0 Å². The Bertz CT molecular complexity index is 846. The summed E-state index contributed by atoms with van der Waals surface area (Å²) in [4.78, 5) is 10.4. The van der Waals surface area contributed by atoms with E-state index >= 15 is 0 Å². The van der Waals surface area contributed by atoms with Gasteiger partial charge in [-0.25, -0.2) is 9.37 Å². The molecular weight excluding hydrogens is 373 g/mol. The first-order chi connectivity index (χ1) is 14.1. The lowest BCUT2D eigenvalue weighted by molar-refractivity contribution is 0.310. The fourth-order valence-corrected chi connectivity index (χ4v) is 3.35. The van der Waals surface area contributed by atoms with Crippen molar-refractivity contribution >= 4 is 11.8 Å². The van der Waals surface area contributed by atoms with E-state index in [1.54, 1.807) is 26.4 Å². The molecule has 2 heterocycles. The number of ether oxygens (including phenoxy) is 2. The third-order valence-corrected chi connectivity index (χ3v) is 4.78. The van der Waals surface area contributed by atoms with Gasteiger partial charge in [0.25, 0.3) is 0 Å². The van der Waals surface area contributed by atoms with Crippen LogP contribution in [0.15, 0.2) is 41.5 Å². The van der Waals surface area contributed by atoms with Crippen LogP contribution < -0.4 is 25.0 Å². The predicted octanol–water partition coefficient (Wildman–Crippen LogP) is 2.57. The van der Waals surface area contributed by atoms with E-state index in [2.05, 4.69) is 20.6 Å². The number of methoxy groups -OCH3 is 1. The summed E-state index contributed by atoms with van der Waals surface area (Å²) in [5, 5.41) is 6.73. The number of rotatable bonds is 7. The number of hydrogen-bond donors (Lipinski definition) is 2. The molecule has 8 heteroatoms. The van der Waals surface area contributed by atoms with Crippen molar-refractivity contribution < 1.29 is 13.9 Å². The zero-order valence-corrected chi connectivity index (χ0v) is 17.1. The van der Waals surface area contributed by atoms with Gasteiger partial charge in [0.15, 0.2) is 29.1 Å². The number of aromatic nitrogens is 1. The molecule has 0 aliphatic carbocycles. The minimum Gasteiger partial charge on any atom is -0.493 e. The zero-order chi connectivity index (χ0) is 20.6. The molecular formula is C21H28FN5O2. The van der Waals surface area contributed by atoms with E-state index in [9.17, 15) is 4.39 Å². The SMILES string of the molecule is CCOc1cc(CNC(=NC)NC2CCN(c3ncccc3F)C2)ccc1OC. The molecule has 1 aromatic carbocycles. The van der Waals surface area contributed by atoms with Crippen LogP contribution in [0.25, 0.3) is 0 Å². The Hall–Kier alpha value is -3.03. The maximum absolute atomic E-state index is 14.0. The van der Waals surface area contributed by atoms with Crippen LogP contribution in [0.3, 0.4) is 0 Å². The lowest BCUT2D eigenvalue weighted by Gasteiger charge is -2.20. The molecule has 0 spiro atoms. The third kappa shape index (κ3) is 5.28. The molecule has 1 unspecified atom stereocenters. The monoisotopic (exact) mass is 401 g/mol. The summed E-state index contributed by atoms with van der Waals surface area (Å²) in [5.41, 5.74) is 1.06. The van der Waals surface area contributed by atoms with Crippen LogP contribution in [0.2, 0.25) is 0 Å². The maximum Gasteiger partial charge on any atom is 0.191 e. The van der Waals surface area contributed by atoms with Crippen molar-refractivity contribution in [3.05, 3.63) is 47.9 Å². The summed E-state index contributed by atoms with van der Waals surface area (Å²) in [6.45, 7) is 4.53. The van der Waals surface area contributed by atoms with Crippen LogP contribution in [0.4, 0.5) is 10.2 Å². The number of nitrogens with one attached hydrogen (secondary N) is 2. The molecule has 3 rings (SSSR count). The van der Waals surface area contributed by atoms with E-state index in [4.69, 9.17) is 9.47 Å². The first kappa shape index (κ1) is 20.7. The van der Waals surface area contributed by atoms with Crippen molar-refractivity contribution in [2.45, 2.75) is 25.9 Å². The van der Waals surface area contributed by atoms with Gasteiger partial charge < -0.3 is 25.0 Å². The van der Waals surface area contributed by atoms with E-state index < -0.39 is 0 Å². The maximum atomic E-state index is 14.0. The lowest BCUT2D eigenvalue weighted by Crippen LogP contribution is -2.44. The molecule has 0 saturated carbocycles. The standard InChI is InChI=1S/C21H28FN5O2/c1-4-29-19-12-15(7-8-18(19)28-3)13-25-21(23-2)26-16-9-11-27(14-16)20-17(22)6-5-10-24-20/h5-8,10,12,16H,4,9,11,13-14H2,1-3H3,(H2,23,25,26). The summed E-state index contributed by atoms with van der Waals surface area (Å²) in [6.07, 6.45) is 2.50. The lowest BCUT2D eigenvalue weighted by atomic mass is 10.2. The average Bonchev–Trinajstić information content (AvgIpc) is 3.20. The van der Waals surface area contributed by atoms with Crippen LogP contribution in [-0.2, 0) is 6.54 Å². The van der Waals surface area contributed by atoms with Gasteiger partial charge in [-0.05, 0) is 43.2 Å². The van der Waals surface area contributed by atoms with Gasteiger partial charge in [-0.2, -0.15) is 0 Å². The highest BCUT2D eigenvalue weighted by Gasteiger charge is 2.25. The fourth-order valence-electron chi connectivity index (χ4n) is 3.35. The molecule has 1 fully saturated rings. The topological polar surface area (TPSA) is 71.0 Å². The van der Waals surface area contributed by atoms with Crippen molar-refractivity contribution in [1.82, 2.24) is 15.6 Å². The highest BCUT2D eigenvalue weighted by Crippen LogP contribution is 2.28. The smallest absolute Gasteiger partial charge is 0.191 e. The van der Waals surface area contributed by atoms with Gasteiger partial charge in [-0.3, -0.25) is 4.99 Å². The first-order valence-electron chi connectivity index (χ1n) is 9.77. The second kappa shape index (κ2) is 9.95. The second-order valence-corrected chi connectivity index (χ2v) is 6.73. The molecule has 0 amide bonds. The Morgan fingerprint density at radius 1 is 1.34 bits per heavy atom. The van der Waals surface area contributed by atoms with Gasteiger partial charge in [0, 0.05) is 38.9 Å². The molecule has 0 bridgehead atoms. The van der Waals surface area contributed by atoms with Crippen molar-refractivity contribution in [3.8, 4) is 11.5 Å². The molecule has 1 atom stereocenters. The predicted molar refractivity (Wildman–Crippen MR) is 112 cm³/mol. The summed E-state index contributed by atoms with van der Waals surface area (Å²) < 4.78 is 24.9. The molecule has 2 N–H and O–H groups in total. The van der Waals surface area contributed by atoms with Gasteiger partial charge in [0.2, 0.25) is 0 Å². The van der Waals surface area contributed by atoms with Crippen LogP contribution in [0.1, 0.15) is 18.9 Å². The summed E-state index contributed by atoms with van der Waals surface area (Å²) in [5.74, 6) is 2.25. The first-order valence-corrected chi connectivity index (χ1v) is 9.77. The molecule has 7 nitrogen and oxygen atoms in total. The molecule has 1 saturated heterocycles. The molecule has 29 heavy (non-hydrogen) atoms. The van der Waals surface area contributed by atoms with Crippen LogP contribution >= 0.6 is 0 Å². The molecule has 0 radical (unpaired) electrons. The van der Waals surface area contributed by atoms with Gasteiger partial charge in [-0.1, -0.05) is 6.07 Å². The second-order valence-electron chi connectivity index (χ2n) is 6.73. The third-order valence-electron chi connectivity index (χ3n) is 4.78. The number of benzene rings is 1. The van der Waals surface area contributed by atoms with Crippen LogP contribution in [0, 0.1) is 5.82 Å². The van der Waals surface area contributed by atoms with Gasteiger partial charge in [0.05, 0.1) is 13.7 Å². The minimum atomic E-state index is -0.291. The summed E-state index contributed by atoms with van der Waals surface area (Å²) in [6, 6.07) is 9.06. The van der Waals surface area contributed by atoms with E-state index in [0.29, 0.717) is 37.2 Å². The minimum absolute atomic E-state index is 0.164. The number of anilines is 1. The number of nitrogens with zero attached hydrogens (tertiary/aromatic N) is 3. The zero-order valence-electron chi connectivity index (χ0n) is 17.1. The van der Waals surface area contributed by atoms with E-state index in [0.717, 1.165) is 24.3 Å². The number of aliphatic imine (C=N–C) groups is 1. The highest BCUT2D eigenvalue weighted by molar-refractivity contribution is 5.80. The van der Waals surface area contributed by atoms with E-state index in [1.807, 2.05) is 30.0 Å². The Kier molecular flexibility index (Phi) is 7.10. The van der Waals surface area contributed by atoms with E-state index in [1.165, 1.54) is 6.07 Å². The van der Waals surface area contributed by atoms with E-state index in [-0.39, 0.29) is 11.9 Å². The molecule has 1 aliphatic heterocycles. The Morgan fingerprint density at radius 3 is 2.93 bits per heavy atom. The highest BCUT2D eigenvalue weighted by atomic mass is 19.1. The Labute approximate surface area is 170 Å². The van der Waals surface area contributed by atoms with Crippen LogP contribution in [0.5, 0.6) is 11.5 Å². The molecule has 2 aromatic rings. The number of guanidine groups is 1. The molecule has 1 aliphatic rings. The molecule has 156 valence electrons. The number of hydrogen-bond acceptors (Lipinski definition) is 5. The number of pyridine rings is 1. The van der Waals surface area contributed by atoms with Crippen LogP contribution in [-0.4, -0.2) is 50.8 Å². The largest absolute Gasteiger partial charge is 0.493 e. The Morgan fingerprint density at radius 2 is 2.21 bits per heavy atom. The molecule has 1 aromatic heterocycles. The summed E-state index contributed by atoms with van der Waals surface area (Å²) in [7, 11) is 3.36. The van der Waals surface area contributed by atoms with Crippen molar-refractivity contribution in [1.29, 1.82) is 0 Å². The van der Waals surface area contributed by atoms with Gasteiger partial charge in [-0.15, -0.1) is 0 Å². The van der Waals surface area contributed by atoms with Crippen molar-refractivity contribution in [3.63, 3.8) is 0 Å². The quantitative estimate of drug-likeness (QED) is 0.549. The Balaban J connectivity index is 1.55. The van der Waals surface area contributed by atoms with Crippen molar-refractivity contribution in [2.75, 3.05) is 38.8 Å². The van der Waals surface area contributed by atoms with Gasteiger partial charge >= 0.3 is 0 Å². The normalized spacial score (nSPS) is 16.6. The average molecular weight is 401 g/mol. The van der Waals surface area contributed by atoms with Crippen molar-refractivity contribution in [2.24, 2.45) is 4.99 Å². The summed E-state index contributed by atoms with van der Waals surface area (Å²) >= 11 is 0.